The van der Waals surface area contributed by atoms with E-state index in [4.69, 9.17) is 8.83 Å². The first kappa shape index (κ1) is 20.8. The molecule has 0 fully saturated rings. The van der Waals surface area contributed by atoms with Gasteiger partial charge in [0, 0.05) is 20.0 Å². The van der Waals surface area contributed by atoms with E-state index in [0.29, 0.717) is 22.8 Å². The molecule has 1 aliphatic heterocycles. The average Bonchev–Trinajstić information content (AvgIpc) is 3.44. The van der Waals surface area contributed by atoms with Crippen molar-refractivity contribution in [3.05, 3.63) is 98.2 Å². The van der Waals surface area contributed by atoms with Crippen LogP contribution in [0.2, 0.25) is 0 Å². The van der Waals surface area contributed by atoms with E-state index in [2.05, 4.69) is 31.9 Å². The van der Waals surface area contributed by atoms with Gasteiger partial charge in [0.1, 0.15) is 23.1 Å². The third kappa shape index (κ3) is 3.40. The number of hydrogen-bond donors (Lipinski definition) is 1. The fourth-order valence-electron chi connectivity index (χ4n) is 3.86. The van der Waals surface area contributed by atoms with Gasteiger partial charge in [0.15, 0.2) is 11.5 Å². The summed E-state index contributed by atoms with van der Waals surface area (Å²) in [7, 11) is 0. The van der Waals surface area contributed by atoms with Crippen LogP contribution < -0.4 is 4.90 Å². The number of anilines is 1. The Morgan fingerprint density at radius 1 is 1.00 bits per heavy atom. The molecule has 1 atom stereocenters. The molecule has 1 amide bonds. The number of rotatable bonds is 4. The molecule has 3 heterocycles. The van der Waals surface area contributed by atoms with E-state index in [1.807, 2.05) is 12.1 Å². The van der Waals surface area contributed by atoms with Gasteiger partial charge in [-0.15, -0.1) is 0 Å². The second kappa shape index (κ2) is 7.79. The molecule has 4 aromatic rings. The van der Waals surface area contributed by atoms with Gasteiger partial charge in [0.2, 0.25) is 5.78 Å². The van der Waals surface area contributed by atoms with Crippen LogP contribution in [0.1, 0.15) is 28.1 Å². The average molecular weight is 557 g/mol. The molecule has 1 N–H and O–H groups in total. The molecule has 0 saturated heterocycles. The zero-order valence-electron chi connectivity index (χ0n) is 16.6. The maximum Gasteiger partial charge on any atom is 0.294 e. The van der Waals surface area contributed by atoms with Crippen molar-refractivity contribution < 1.29 is 23.5 Å². The summed E-state index contributed by atoms with van der Waals surface area (Å²) in [6.45, 7) is 1.77. The lowest BCUT2D eigenvalue weighted by atomic mass is 9.99. The number of halogens is 2. The van der Waals surface area contributed by atoms with Crippen LogP contribution in [0.25, 0.3) is 11.0 Å². The predicted octanol–water partition coefficient (Wildman–Crippen LogP) is 6.64. The van der Waals surface area contributed by atoms with Crippen molar-refractivity contribution in [2.45, 2.75) is 13.0 Å². The molecule has 0 spiro atoms. The highest BCUT2D eigenvalue weighted by Gasteiger charge is 2.47. The van der Waals surface area contributed by atoms with Gasteiger partial charge < -0.3 is 13.9 Å². The number of nitrogens with zero attached hydrogens (tertiary/aromatic N) is 1. The summed E-state index contributed by atoms with van der Waals surface area (Å²) >= 11 is 6.81. The summed E-state index contributed by atoms with van der Waals surface area (Å²) in [5, 5.41) is 11.5. The molecule has 0 radical (unpaired) electrons. The van der Waals surface area contributed by atoms with Gasteiger partial charge in [-0.25, -0.2) is 0 Å². The van der Waals surface area contributed by atoms with Gasteiger partial charge in [0.05, 0.1) is 5.57 Å². The smallest absolute Gasteiger partial charge is 0.294 e. The van der Waals surface area contributed by atoms with E-state index < -0.39 is 23.5 Å². The standard InChI is InChI=1S/C24H15Br2NO5/c1-12-5-7-18(31-12)21-20(22(28)19-10-13-9-15(26)6-8-17(13)32-19)23(29)24(30)27(21)16-4-2-3-14(25)11-16/h2-11,21,29H,1H3. The molecular weight excluding hydrogens is 542 g/mol. The maximum atomic E-state index is 13.5. The molecule has 1 aliphatic rings. The third-order valence-corrected chi connectivity index (χ3v) is 6.26. The summed E-state index contributed by atoms with van der Waals surface area (Å²) in [6, 6.07) is 16.5. The summed E-state index contributed by atoms with van der Waals surface area (Å²) in [5.41, 5.74) is 0.934. The summed E-state index contributed by atoms with van der Waals surface area (Å²) in [6.07, 6.45) is 0. The number of aryl methyl sites for hydroxylation is 1. The topological polar surface area (TPSA) is 83.9 Å². The first-order valence-electron chi connectivity index (χ1n) is 9.66. The highest BCUT2D eigenvalue weighted by Crippen LogP contribution is 2.43. The first-order valence-corrected chi connectivity index (χ1v) is 11.2. The van der Waals surface area contributed by atoms with Crippen molar-refractivity contribution in [3.8, 4) is 0 Å². The van der Waals surface area contributed by atoms with Crippen LogP contribution in [-0.4, -0.2) is 16.8 Å². The van der Waals surface area contributed by atoms with Crippen LogP contribution in [0, 0.1) is 6.92 Å². The van der Waals surface area contributed by atoms with Crippen LogP contribution in [0.4, 0.5) is 5.69 Å². The van der Waals surface area contributed by atoms with Gasteiger partial charge in [-0.2, -0.15) is 0 Å². The number of amides is 1. The number of Topliss-reactive ketones (excluding diaryl/α,β-unsaturated/α-hetero) is 1. The maximum absolute atomic E-state index is 13.5. The van der Waals surface area contributed by atoms with E-state index in [1.54, 1.807) is 55.5 Å². The minimum atomic E-state index is -0.946. The Morgan fingerprint density at radius 2 is 1.78 bits per heavy atom. The van der Waals surface area contributed by atoms with Crippen molar-refractivity contribution in [2.24, 2.45) is 0 Å². The van der Waals surface area contributed by atoms with E-state index in [-0.39, 0.29) is 11.3 Å². The van der Waals surface area contributed by atoms with E-state index >= 15 is 0 Å². The zero-order valence-corrected chi connectivity index (χ0v) is 19.8. The number of carbonyl (C=O) groups excluding carboxylic acids is 2. The number of aliphatic hydroxyl groups excluding tert-OH is 1. The number of carbonyl (C=O) groups is 2. The van der Waals surface area contributed by atoms with E-state index in [9.17, 15) is 14.7 Å². The molecular formula is C24H15Br2NO5. The van der Waals surface area contributed by atoms with Crippen LogP contribution in [0.15, 0.2) is 89.8 Å². The largest absolute Gasteiger partial charge is 0.503 e. The minimum Gasteiger partial charge on any atom is -0.503 e. The van der Waals surface area contributed by atoms with Gasteiger partial charge in [-0.05, 0) is 61.5 Å². The number of ketones is 1. The molecule has 0 aliphatic carbocycles. The van der Waals surface area contributed by atoms with Crippen molar-refractivity contribution in [1.29, 1.82) is 0 Å². The summed E-state index contributed by atoms with van der Waals surface area (Å²) in [5.74, 6) is -0.896. The lowest BCUT2D eigenvalue weighted by Crippen LogP contribution is -2.30. The number of fused-ring (bicyclic) bond motifs is 1. The number of aliphatic hydroxyl groups is 1. The second-order valence-electron chi connectivity index (χ2n) is 7.39. The molecule has 32 heavy (non-hydrogen) atoms. The van der Waals surface area contributed by atoms with Gasteiger partial charge in [-0.3, -0.25) is 14.5 Å². The number of hydrogen-bond acceptors (Lipinski definition) is 5. The van der Waals surface area contributed by atoms with Crippen LogP contribution >= 0.6 is 31.9 Å². The second-order valence-corrected chi connectivity index (χ2v) is 9.22. The zero-order chi connectivity index (χ0) is 22.6. The normalized spacial score (nSPS) is 16.4. The molecule has 160 valence electrons. The molecule has 2 aromatic heterocycles. The lowest BCUT2D eigenvalue weighted by Gasteiger charge is -2.25. The minimum absolute atomic E-state index is 0.0248. The first-order chi connectivity index (χ1) is 15.3. The number of benzene rings is 2. The van der Waals surface area contributed by atoms with Crippen molar-refractivity contribution in [3.63, 3.8) is 0 Å². The molecule has 2 aromatic carbocycles. The molecule has 1 unspecified atom stereocenters. The monoisotopic (exact) mass is 555 g/mol. The summed E-state index contributed by atoms with van der Waals surface area (Å²) in [4.78, 5) is 28.0. The van der Waals surface area contributed by atoms with E-state index in [1.165, 1.54) is 4.90 Å². The lowest BCUT2D eigenvalue weighted by molar-refractivity contribution is -0.117. The Balaban J connectivity index is 1.66. The van der Waals surface area contributed by atoms with Crippen LogP contribution in [-0.2, 0) is 4.79 Å². The molecule has 0 bridgehead atoms. The van der Waals surface area contributed by atoms with Gasteiger partial charge >= 0.3 is 0 Å². The quantitative estimate of drug-likeness (QED) is 0.285. The SMILES string of the molecule is Cc1ccc(C2C(C(=O)c3cc4cc(Br)ccc4o3)=C(O)C(=O)N2c2cccc(Br)c2)o1. The Bertz CT molecular complexity index is 1430. The third-order valence-electron chi connectivity index (χ3n) is 5.27. The molecule has 6 nitrogen and oxygen atoms in total. The number of furan rings is 2. The highest BCUT2D eigenvalue weighted by molar-refractivity contribution is 9.10. The Kier molecular flexibility index (Phi) is 5.06. The van der Waals surface area contributed by atoms with Gasteiger partial charge in [-0.1, -0.05) is 37.9 Å². The predicted molar refractivity (Wildman–Crippen MR) is 126 cm³/mol. The molecule has 5 rings (SSSR count). The summed E-state index contributed by atoms with van der Waals surface area (Å²) < 4.78 is 13.1. The fraction of sp³-hybridized carbons (Fsp3) is 0.0833. The van der Waals surface area contributed by atoms with Crippen molar-refractivity contribution in [1.82, 2.24) is 0 Å². The van der Waals surface area contributed by atoms with Gasteiger partial charge in [0.25, 0.3) is 5.91 Å². The van der Waals surface area contributed by atoms with E-state index in [0.717, 1.165) is 14.3 Å². The van der Waals surface area contributed by atoms with Crippen LogP contribution in [0.5, 0.6) is 0 Å². The molecule has 0 saturated carbocycles. The van der Waals surface area contributed by atoms with Crippen molar-refractivity contribution in [2.75, 3.05) is 4.90 Å². The highest BCUT2D eigenvalue weighted by atomic mass is 79.9. The Labute approximate surface area is 199 Å². The Morgan fingerprint density at radius 3 is 2.50 bits per heavy atom. The molecule has 8 heteroatoms. The van der Waals surface area contributed by atoms with Crippen LogP contribution in [0.3, 0.4) is 0 Å². The fourth-order valence-corrected chi connectivity index (χ4v) is 4.62. The Hall–Kier alpha value is -3.10. The van der Waals surface area contributed by atoms with Crippen molar-refractivity contribution >= 4 is 60.2 Å².